The lowest BCUT2D eigenvalue weighted by Crippen LogP contribution is -2.36. The lowest BCUT2D eigenvalue weighted by atomic mass is 10.1. The predicted octanol–water partition coefficient (Wildman–Crippen LogP) is 1.83. The monoisotopic (exact) mass is 293 g/mol. The van der Waals surface area contributed by atoms with Crippen LogP contribution in [0.4, 0.5) is 5.69 Å². The maximum Gasteiger partial charge on any atom is 0.269 e. The maximum atomic E-state index is 12.9. The average molecular weight is 293 g/mol. The molecule has 0 unspecified atom stereocenters. The van der Waals surface area contributed by atoms with Crippen LogP contribution in [-0.2, 0) is 16.4 Å². The minimum atomic E-state index is -3.66. The molecule has 0 fully saturated rings. The van der Waals surface area contributed by atoms with Gasteiger partial charge >= 0.3 is 0 Å². The van der Waals surface area contributed by atoms with Crippen molar-refractivity contribution in [3.63, 3.8) is 0 Å². The molecule has 2 aromatic heterocycles. The van der Waals surface area contributed by atoms with E-state index in [0.29, 0.717) is 23.7 Å². The van der Waals surface area contributed by atoms with E-state index in [2.05, 4.69) is 10.1 Å². The van der Waals surface area contributed by atoms with Crippen molar-refractivity contribution >= 4 is 15.7 Å². The zero-order valence-electron chi connectivity index (χ0n) is 11.3. The largest absolute Gasteiger partial charge is 0.360 e. The predicted molar refractivity (Wildman–Crippen MR) is 73.1 cm³/mol. The standard InChI is InChI=1S/C13H15N3O3S/c1-9-13(10(2)19-15-9)20(17,18)16-8-4-5-11-12(16)6-3-7-14-11/h3,6-7H,4-5,8H2,1-2H3. The van der Waals surface area contributed by atoms with E-state index in [4.69, 9.17) is 4.52 Å². The van der Waals surface area contributed by atoms with Gasteiger partial charge in [-0.1, -0.05) is 5.16 Å². The third-order valence-electron chi connectivity index (χ3n) is 3.43. The number of rotatable bonds is 2. The van der Waals surface area contributed by atoms with Crippen molar-refractivity contribution in [2.24, 2.45) is 0 Å². The third-order valence-corrected chi connectivity index (χ3v) is 5.48. The van der Waals surface area contributed by atoms with Crippen LogP contribution in [0.15, 0.2) is 27.7 Å². The molecule has 0 radical (unpaired) electrons. The maximum absolute atomic E-state index is 12.9. The van der Waals surface area contributed by atoms with Gasteiger partial charge in [-0.2, -0.15) is 0 Å². The van der Waals surface area contributed by atoms with E-state index in [0.717, 1.165) is 18.5 Å². The molecule has 0 aliphatic carbocycles. The van der Waals surface area contributed by atoms with Crippen molar-refractivity contribution in [1.29, 1.82) is 0 Å². The Kier molecular flexibility index (Phi) is 3.01. The Balaban J connectivity index is 2.15. The third kappa shape index (κ3) is 1.89. The molecule has 0 bridgehead atoms. The lowest BCUT2D eigenvalue weighted by Gasteiger charge is -2.29. The Morgan fingerprint density at radius 3 is 2.85 bits per heavy atom. The Morgan fingerprint density at radius 2 is 2.15 bits per heavy atom. The molecule has 20 heavy (non-hydrogen) atoms. The number of hydrogen-bond donors (Lipinski definition) is 0. The second-order valence-electron chi connectivity index (χ2n) is 4.80. The number of fused-ring (bicyclic) bond motifs is 1. The summed E-state index contributed by atoms with van der Waals surface area (Å²) in [5.74, 6) is 0.318. The molecular formula is C13H15N3O3S. The summed E-state index contributed by atoms with van der Waals surface area (Å²) in [6.07, 6.45) is 3.24. The first kappa shape index (κ1) is 13.1. The first-order valence-corrected chi connectivity index (χ1v) is 7.85. The van der Waals surface area contributed by atoms with E-state index in [1.165, 1.54) is 4.31 Å². The van der Waals surface area contributed by atoms with E-state index in [9.17, 15) is 8.42 Å². The quantitative estimate of drug-likeness (QED) is 0.844. The summed E-state index contributed by atoms with van der Waals surface area (Å²) in [6.45, 7) is 3.70. The highest BCUT2D eigenvalue weighted by Gasteiger charge is 2.34. The first-order chi connectivity index (χ1) is 9.51. The Bertz CT molecular complexity index is 732. The topological polar surface area (TPSA) is 76.3 Å². The number of pyridine rings is 1. The summed E-state index contributed by atoms with van der Waals surface area (Å²) in [5, 5.41) is 3.74. The SMILES string of the molecule is Cc1noc(C)c1S(=O)(=O)N1CCCc2ncccc21. The Morgan fingerprint density at radius 1 is 1.35 bits per heavy atom. The summed E-state index contributed by atoms with van der Waals surface area (Å²) in [5.41, 5.74) is 1.85. The molecule has 0 saturated carbocycles. The van der Waals surface area contributed by atoms with Crippen molar-refractivity contribution < 1.29 is 12.9 Å². The van der Waals surface area contributed by atoms with Crippen LogP contribution >= 0.6 is 0 Å². The van der Waals surface area contributed by atoms with E-state index in [1.54, 1.807) is 32.2 Å². The number of anilines is 1. The van der Waals surface area contributed by atoms with Crippen molar-refractivity contribution in [2.45, 2.75) is 31.6 Å². The molecular weight excluding hydrogens is 278 g/mol. The zero-order valence-corrected chi connectivity index (χ0v) is 12.1. The molecule has 6 nitrogen and oxygen atoms in total. The fourth-order valence-electron chi connectivity index (χ4n) is 2.56. The number of hydrogen-bond acceptors (Lipinski definition) is 5. The number of aromatic nitrogens is 2. The van der Waals surface area contributed by atoms with Gasteiger partial charge in [0.2, 0.25) is 0 Å². The Labute approximate surface area is 117 Å². The number of sulfonamides is 1. The fraction of sp³-hybridized carbons (Fsp3) is 0.385. The zero-order chi connectivity index (χ0) is 14.3. The van der Waals surface area contributed by atoms with Gasteiger partial charge in [0.1, 0.15) is 5.69 Å². The molecule has 3 rings (SSSR count). The van der Waals surface area contributed by atoms with Crippen LogP contribution in [-0.4, -0.2) is 25.1 Å². The molecule has 1 aliphatic rings. The molecule has 2 aromatic rings. The molecule has 0 saturated heterocycles. The molecule has 3 heterocycles. The summed E-state index contributed by atoms with van der Waals surface area (Å²) in [7, 11) is -3.66. The molecule has 0 spiro atoms. The second-order valence-corrected chi connectivity index (χ2v) is 6.60. The van der Waals surface area contributed by atoms with Crippen LogP contribution in [0.2, 0.25) is 0 Å². The van der Waals surface area contributed by atoms with Crippen LogP contribution in [0.25, 0.3) is 0 Å². The smallest absolute Gasteiger partial charge is 0.269 e. The van der Waals surface area contributed by atoms with Gasteiger partial charge < -0.3 is 4.52 Å². The van der Waals surface area contributed by atoms with Crippen LogP contribution in [0.1, 0.15) is 23.6 Å². The van der Waals surface area contributed by atoms with E-state index >= 15 is 0 Å². The van der Waals surface area contributed by atoms with Gasteiger partial charge in [0.25, 0.3) is 10.0 Å². The summed E-state index contributed by atoms with van der Waals surface area (Å²) in [4.78, 5) is 4.43. The van der Waals surface area contributed by atoms with Gasteiger partial charge in [0, 0.05) is 12.7 Å². The fourth-order valence-corrected chi connectivity index (χ4v) is 4.39. The van der Waals surface area contributed by atoms with Gasteiger partial charge in [0.05, 0.1) is 11.4 Å². The summed E-state index contributed by atoms with van der Waals surface area (Å²) < 4.78 is 32.1. The number of aryl methyl sites for hydroxylation is 3. The number of nitrogens with zero attached hydrogens (tertiary/aromatic N) is 3. The minimum absolute atomic E-state index is 0.161. The van der Waals surface area contributed by atoms with Crippen LogP contribution in [0, 0.1) is 13.8 Å². The van der Waals surface area contributed by atoms with Gasteiger partial charge in [-0.3, -0.25) is 9.29 Å². The summed E-state index contributed by atoms with van der Waals surface area (Å²) >= 11 is 0. The molecule has 0 amide bonds. The van der Waals surface area contributed by atoms with Crippen LogP contribution < -0.4 is 4.31 Å². The van der Waals surface area contributed by atoms with Gasteiger partial charge in [0.15, 0.2) is 10.7 Å². The highest BCUT2D eigenvalue weighted by Crippen LogP contribution is 2.32. The van der Waals surface area contributed by atoms with Crippen molar-refractivity contribution in [2.75, 3.05) is 10.8 Å². The molecule has 0 N–H and O–H groups in total. The molecule has 106 valence electrons. The van der Waals surface area contributed by atoms with Crippen molar-refractivity contribution in [3.05, 3.63) is 35.5 Å². The van der Waals surface area contributed by atoms with Gasteiger partial charge in [-0.15, -0.1) is 0 Å². The van der Waals surface area contributed by atoms with Gasteiger partial charge in [-0.25, -0.2) is 8.42 Å². The van der Waals surface area contributed by atoms with Crippen molar-refractivity contribution in [3.8, 4) is 0 Å². The summed E-state index contributed by atoms with van der Waals surface area (Å²) in [6, 6.07) is 3.54. The van der Waals surface area contributed by atoms with Gasteiger partial charge in [-0.05, 0) is 38.8 Å². The molecule has 0 aromatic carbocycles. The van der Waals surface area contributed by atoms with E-state index in [1.807, 2.05) is 0 Å². The Hall–Kier alpha value is -1.89. The molecule has 0 atom stereocenters. The van der Waals surface area contributed by atoms with Crippen molar-refractivity contribution in [1.82, 2.24) is 10.1 Å². The van der Waals surface area contributed by atoms with E-state index < -0.39 is 10.0 Å². The van der Waals surface area contributed by atoms with Crippen LogP contribution in [0.3, 0.4) is 0 Å². The molecule has 1 aliphatic heterocycles. The normalized spacial score (nSPS) is 15.2. The average Bonchev–Trinajstić information content (AvgIpc) is 2.78. The highest BCUT2D eigenvalue weighted by atomic mass is 32.2. The minimum Gasteiger partial charge on any atom is -0.360 e. The second kappa shape index (κ2) is 4.59. The van der Waals surface area contributed by atoms with Crippen LogP contribution in [0.5, 0.6) is 0 Å². The lowest BCUT2D eigenvalue weighted by molar-refractivity contribution is 0.390. The first-order valence-electron chi connectivity index (χ1n) is 6.41. The molecule has 7 heteroatoms. The highest BCUT2D eigenvalue weighted by molar-refractivity contribution is 7.93. The van der Waals surface area contributed by atoms with E-state index in [-0.39, 0.29) is 4.90 Å².